The number of nitrogens with zero attached hydrogens (tertiary/aromatic N) is 8. The topological polar surface area (TPSA) is 208 Å². The normalized spacial score (nSPS) is 9.74. The van der Waals surface area contributed by atoms with E-state index in [9.17, 15) is 0 Å². The smallest absolute Gasteiger partial charge is 0.423 e. The number of pyridine rings is 4. The fraction of sp³-hybridized carbons (Fsp3) is 0.143. The number of fused-ring (bicyclic) bond motifs is 2. The van der Waals surface area contributed by atoms with Crippen LogP contribution >= 0.6 is 11.6 Å². The first kappa shape index (κ1) is 45.9. The number of rotatable bonds is 6. The molecule has 6 N–H and O–H groups in total. The van der Waals surface area contributed by atoms with Gasteiger partial charge in [-0.1, -0.05) is 58.0 Å². The Balaban J connectivity index is 0.000000236. The van der Waals surface area contributed by atoms with Crippen LogP contribution in [0.3, 0.4) is 0 Å². The van der Waals surface area contributed by atoms with E-state index in [0.29, 0.717) is 11.3 Å². The highest BCUT2D eigenvalue weighted by Gasteiger charge is 2.11. The van der Waals surface area contributed by atoms with Crippen molar-refractivity contribution in [2.24, 2.45) is 0 Å². The lowest BCUT2D eigenvalue weighted by Gasteiger charge is -2.09. The summed E-state index contributed by atoms with van der Waals surface area (Å²) in [5.74, 6) is 2.19. The van der Waals surface area contributed by atoms with Crippen LogP contribution in [-0.2, 0) is 0 Å². The molecule has 0 aliphatic heterocycles. The molecule has 0 atom stereocenters. The van der Waals surface area contributed by atoms with Gasteiger partial charge in [0.25, 0.3) is 0 Å². The molecule has 14 nitrogen and oxygen atoms in total. The third kappa shape index (κ3) is 12.8. The lowest BCUT2D eigenvalue weighted by molar-refractivity contribution is -0.176. The number of hydrogen-bond donors (Lipinski definition) is 6. The standard InChI is InChI=1S/C19H15N5.C14H11ClN4.C5H6BNO2.C3H8.CH4.H2O2/c1-20-19-16-7-6-13(14-4-2-8-21-11-14)10-17(16)23-18(24-19)15-5-3-9-22-12-15;1-16-13-11-5-4-9(10-3-2-6-17-8-10)7-12(11)18-14(15)19-13;8-6(9)5-2-1-3-7-4-5;1-3-2;;1-2/h2-12H,1H3,(H,20,23,24);2-8H,1H3,(H,16,18,19);1-4,8-9H;3H2,1-2H3;1H4;1-2H. The van der Waals surface area contributed by atoms with Crippen LogP contribution in [0.25, 0.3) is 55.4 Å². The zero-order valence-electron chi connectivity index (χ0n) is 31.7. The molecule has 0 amide bonds. The molecule has 0 bridgehead atoms. The van der Waals surface area contributed by atoms with Crippen LogP contribution in [0, 0.1) is 0 Å². The van der Waals surface area contributed by atoms with Crippen molar-refractivity contribution in [3.63, 3.8) is 0 Å². The van der Waals surface area contributed by atoms with Crippen LogP contribution in [-0.4, -0.2) is 81.6 Å². The summed E-state index contributed by atoms with van der Waals surface area (Å²) >= 11 is 5.93. The first-order valence-electron chi connectivity index (χ1n) is 17.7. The van der Waals surface area contributed by atoms with E-state index in [4.69, 9.17) is 37.1 Å². The average molecular weight is 801 g/mol. The Kier molecular flexibility index (Phi) is 19.2. The van der Waals surface area contributed by atoms with E-state index in [-0.39, 0.29) is 12.7 Å². The van der Waals surface area contributed by atoms with E-state index >= 15 is 0 Å². The molecule has 8 aromatic rings. The Bertz CT molecular complexity index is 2400. The highest BCUT2D eigenvalue weighted by atomic mass is 35.5. The van der Waals surface area contributed by atoms with Crippen molar-refractivity contribution in [2.45, 2.75) is 27.7 Å². The van der Waals surface area contributed by atoms with Crippen molar-refractivity contribution < 1.29 is 20.6 Å². The fourth-order valence-corrected chi connectivity index (χ4v) is 5.37. The van der Waals surface area contributed by atoms with Crippen molar-refractivity contribution in [3.8, 4) is 33.6 Å². The van der Waals surface area contributed by atoms with E-state index in [2.05, 4.69) is 71.5 Å². The molecule has 58 heavy (non-hydrogen) atoms. The molecule has 0 aliphatic rings. The van der Waals surface area contributed by atoms with Gasteiger partial charge >= 0.3 is 7.12 Å². The molecular weight excluding hydrogens is 755 g/mol. The first-order valence-corrected chi connectivity index (χ1v) is 18.0. The average Bonchev–Trinajstić information content (AvgIpc) is 3.28. The number of nitrogens with one attached hydrogen (secondary N) is 2. The summed E-state index contributed by atoms with van der Waals surface area (Å²) in [6, 6.07) is 27.1. The van der Waals surface area contributed by atoms with Gasteiger partial charge in [0.05, 0.1) is 11.0 Å². The Morgan fingerprint density at radius 3 is 1.38 bits per heavy atom. The summed E-state index contributed by atoms with van der Waals surface area (Å²) in [5.41, 5.74) is 7.24. The molecule has 0 saturated heterocycles. The molecule has 0 aliphatic carbocycles. The van der Waals surface area contributed by atoms with E-state index < -0.39 is 7.12 Å². The molecule has 0 spiro atoms. The van der Waals surface area contributed by atoms with Crippen LogP contribution in [0.4, 0.5) is 11.6 Å². The molecule has 298 valence electrons. The maximum absolute atomic E-state index is 8.54. The quantitative estimate of drug-likeness (QED) is 0.0408. The Labute approximate surface area is 342 Å². The van der Waals surface area contributed by atoms with Crippen LogP contribution in [0.15, 0.2) is 135 Å². The zero-order valence-corrected chi connectivity index (χ0v) is 32.5. The number of halogens is 1. The minimum atomic E-state index is -1.40. The highest BCUT2D eigenvalue weighted by molar-refractivity contribution is 6.58. The van der Waals surface area contributed by atoms with Gasteiger partial charge in [0.15, 0.2) is 5.82 Å². The third-order valence-corrected chi connectivity index (χ3v) is 7.90. The number of anilines is 2. The Morgan fingerprint density at radius 2 is 0.983 bits per heavy atom. The van der Waals surface area contributed by atoms with Gasteiger partial charge in [0.1, 0.15) is 11.6 Å². The maximum Gasteiger partial charge on any atom is 0.490 e. The summed E-state index contributed by atoms with van der Waals surface area (Å²) in [7, 11) is 2.27. The van der Waals surface area contributed by atoms with E-state index in [1.807, 2.05) is 87.2 Å². The molecule has 0 unspecified atom stereocenters. The number of benzene rings is 2. The summed E-state index contributed by atoms with van der Waals surface area (Å²) in [6.07, 6.45) is 14.9. The zero-order chi connectivity index (χ0) is 41.0. The first-order chi connectivity index (χ1) is 27.8. The summed E-state index contributed by atoms with van der Waals surface area (Å²) in [4.78, 5) is 33.9. The van der Waals surface area contributed by atoms with Crippen molar-refractivity contribution >= 4 is 57.6 Å². The second-order valence-electron chi connectivity index (χ2n) is 11.8. The summed E-state index contributed by atoms with van der Waals surface area (Å²) in [6.45, 7) is 4.25. The van der Waals surface area contributed by atoms with Crippen molar-refractivity contribution in [2.75, 3.05) is 24.7 Å². The second-order valence-corrected chi connectivity index (χ2v) is 12.1. The van der Waals surface area contributed by atoms with Gasteiger partial charge in [-0.25, -0.2) is 19.9 Å². The van der Waals surface area contributed by atoms with Gasteiger partial charge in [-0.3, -0.25) is 30.5 Å². The van der Waals surface area contributed by atoms with Gasteiger partial charge in [-0.2, -0.15) is 0 Å². The lowest BCUT2D eigenvalue weighted by atomic mass is 9.82. The van der Waals surface area contributed by atoms with Crippen LogP contribution in [0.1, 0.15) is 27.7 Å². The molecule has 6 aromatic heterocycles. The van der Waals surface area contributed by atoms with Crippen LogP contribution in [0.2, 0.25) is 5.28 Å². The summed E-state index contributed by atoms with van der Waals surface area (Å²) in [5, 5.41) is 37.4. The van der Waals surface area contributed by atoms with Gasteiger partial charge in [-0.15, -0.1) is 0 Å². The van der Waals surface area contributed by atoms with E-state index in [0.717, 1.165) is 61.3 Å². The van der Waals surface area contributed by atoms with Crippen molar-refractivity contribution in [3.05, 3.63) is 140 Å². The molecule has 0 radical (unpaired) electrons. The Morgan fingerprint density at radius 1 is 0.552 bits per heavy atom. The molecule has 6 heterocycles. The van der Waals surface area contributed by atoms with Gasteiger partial charge in [0.2, 0.25) is 5.28 Å². The number of hydrogen-bond acceptors (Lipinski definition) is 14. The predicted octanol–water partition coefficient (Wildman–Crippen LogP) is 8.01. The molecule has 2 aromatic carbocycles. The Hall–Kier alpha value is -6.49. The largest absolute Gasteiger partial charge is 0.490 e. The van der Waals surface area contributed by atoms with Crippen LogP contribution < -0.4 is 16.1 Å². The monoisotopic (exact) mass is 800 g/mol. The fourth-order valence-electron chi connectivity index (χ4n) is 5.19. The molecule has 16 heteroatoms. The third-order valence-electron chi connectivity index (χ3n) is 7.73. The van der Waals surface area contributed by atoms with Gasteiger partial charge < -0.3 is 20.7 Å². The van der Waals surface area contributed by atoms with E-state index in [1.54, 1.807) is 43.1 Å². The molecular formula is C42H46BClN10O4. The maximum atomic E-state index is 8.54. The van der Waals surface area contributed by atoms with Crippen LogP contribution in [0.5, 0.6) is 0 Å². The SMILES string of the molecule is C.CCC.CNc1nc(-c2cccnc2)nc2cc(-c3cccnc3)ccc12.CNc1nc(Cl)nc2cc(-c3cccnc3)ccc12.OB(O)c1cccnc1.OO. The van der Waals surface area contributed by atoms with Crippen molar-refractivity contribution in [1.29, 1.82) is 0 Å². The lowest BCUT2D eigenvalue weighted by Crippen LogP contribution is -2.29. The van der Waals surface area contributed by atoms with Crippen molar-refractivity contribution in [1.82, 2.24) is 39.9 Å². The molecule has 0 fully saturated rings. The predicted molar refractivity (Wildman–Crippen MR) is 235 cm³/mol. The molecule has 8 rings (SSSR count). The van der Waals surface area contributed by atoms with Gasteiger partial charge in [-0.05, 0) is 77.3 Å². The van der Waals surface area contributed by atoms with Gasteiger partial charge in [0, 0.05) is 96.6 Å². The minimum absolute atomic E-state index is 0. The molecule has 0 saturated carbocycles. The summed E-state index contributed by atoms with van der Waals surface area (Å²) < 4.78 is 0. The minimum Gasteiger partial charge on any atom is -0.423 e. The highest BCUT2D eigenvalue weighted by Crippen LogP contribution is 2.29. The number of aromatic nitrogens is 8. The van der Waals surface area contributed by atoms with E-state index in [1.165, 1.54) is 12.6 Å². The second kappa shape index (κ2) is 24.2.